The van der Waals surface area contributed by atoms with Crippen molar-refractivity contribution in [2.75, 3.05) is 0 Å². The number of hydrogen-bond donors (Lipinski definition) is 2. The Morgan fingerprint density at radius 3 is 2.40 bits per heavy atom. The molecule has 0 amide bonds. The second-order valence-electron chi connectivity index (χ2n) is 5.11. The zero-order valence-electron chi connectivity index (χ0n) is 12.4. The number of hydrogen-bond acceptors (Lipinski definition) is 3. The van der Waals surface area contributed by atoms with Gasteiger partial charge in [-0.2, -0.15) is 5.10 Å². The van der Waals surface area contributed by atoms with Crippen LogP contribution in [-0.2, 0) is 6.54 Å². The Kier molecular flexibility index (Phi) is 4.48. The molecule has 0 bridgehead atoms. The maximum Gasteiger partial charge on any atom is 0.0898 e. The second-order valence-corrected chi connectivity index (χ2v) is 5.51. The van der Waals surface area contributed by atoms with E-state index in [1.165, 1.54) is 16.7 Å². The number of aryl methyl sites for hydroxylation is 4. The maximum absolute atomic E-state index is 6.30. The van der Waals surface area contributed by atoms with E-state index in [0.717, 1.165) is 17.8 Å². The number of halogens is 1. The predicted molar refractivity (Wildman–Crippen MR) is 82.7 cm³/mol. The number of hydrazine groups is 1. The highest BCUT2D eigenvalue weighted by Gasteiger charge is 2.23. The lowest BCUT2D eigenvalue weighted by Crippen LogP contribution is -2.32. The minimum atomic E-state index is -0.162. The van der Waals surface area contributed by atoms with Crippen molar-refractivity contribution in [1.82, 2.24) is 15.2 Å². The van der Waals surface area contributed by atoms with Gasteiger partial charge in [0, 0.05) is 6.54 Å². The molecule has 0 aliphatic carbocycles. The first-order chi connectivity index (χ1) is 9.49. The summed E-state index contributed by atoms with van der Waals surface area (Å²) in [5, 5.41) is 4.93. The molecule has 2 rings (SSSR count). The Morgan fingerprint density at radius 1 is 1.30 bits per heavy atom. The summed E-state index contributed by atoms with van der Waals surface area (Å²) >= 11 is 6.30. The van der Waals surface area contributed by atoms with Gasteiger partial charge in [-0.3, -0.25) is 10.5 Å². The van der Waals surface area contributed by atoms with E-state index in [9.17, 15) is 0 Å². The molecule has 0 spiro atoms. The summed E-state index contributed by atoms with van der Waals surface area (Å²) in [7, 11) is 0. The highest BCUT2D eigenvalue weighted by molar-refractivity contribution is 6.31. The van der Waals surface area contributed by atoms with E-state index in [4.69, 9.17) is 17.4 Å². The van der Waals surface area contributed by atoms with E-state index in [1.54, 1.807) is 6.20 Å². The summed E-state index contributed by atoms with van der Waals surface area (Å²) < 4.78 is 1.88. The summed E-state index contributed by atoms with van der Waals surface area (Å²) in [5.74, 6) is 5.81. The third-order valence-corrected chi connectivity index (χ3v) is 3.89. The maximum atomic E-state index is 6.30. The molecule has 0 fully saturated rings. The van der Waals surface area contributed by atoms with Crippen LogP contribution in [0.1, 0.15) is 40.9 Å². The van der Waals surface area contributed by atoms with E-state index in [-0.39, 0.29) is 6.04 Å². The minimum Gasteiger partial charge on any atom is -0.271 e. The zero-order valence-corrected chi connectivity index (χ0v) is 13.1. The normalized spacial score (nSPS) is 12.7. The highest BCUT2D eigenvalue weighted by atomic mass is 35.5. The fraction of sp³-hybridized carbons (Fsp3) is 0.400. The van der Waals surface area contributed by atoms with Crippen LogP contribution >= 0.6 is 11.6 Å². The summed E-state index contributed by atoms with van der Waals surface area (Å²) in [6, 6.07) is 4.16. The van der Waals surface area contributed by atoms with Crippen LogP contribution in [0.2, 0.25) is 5.02 Å². The van der Waals surface area contributed by atoms with Gasteiger partial charge in [0.1, 0.15) is 0 Å². The standard InChI is InChI=1S/C15H21ClN4/c1-5-20-15(12(16)8-18-20)14(19-17)13-10(3)6-9(2)7-11(13)4/h6-8,14,19H,5,17H2,1-4H3. The molecule has 1 atom stereocenters. The van der Waals surface area contributed by atoms with Crippen LogP contribution in [0, 0.1) is 20.8 Å². The first-order valence-corrected chi connectivity index (χ1v) is 7.12. The van der Waals surface area contributed by atoms with Crippen molar-refractivity contribution in [3.8, 4) is 0 Å². The highest BCUT2D eigenvalue weighted by Crippen LogP contribution is 2.32. The molecule has 0 aliphatic heterocycles. The van der Waals surface area contributed by atoms with Gasteiger partial charge in [0.2, 0.25) is 0 Å². The lowest BCUT2D eigenvalue weighted by Gasteiger charge is -2.23. The average molecular weight is 293 g/mol. The molecule has 1 heterocycles. The quantitative estimate of drug-likeness (QED) is 0.673. The lowest BCUT2D eigenvalue weighted by molar-refractivity contribution is 0.540. The van der Waals surface area contributed by atoms with Crippen molar-refractivity contribution in [2.45, 2.75) is 40.3 Å². The van der Waals surface area contributed by atoms with Crippen molar-refractivity contribution >= 4 is 11.6 Å². The average Bonchev–Trinajstić information content (AvgIpc) is 2.74. The molecule has 20 heavy (non-hydrogen) atoms. The molecule has 0 aliphatic rings. The predicted octanol–water partition coefficient (Wildman–Crippen LogP) is 3.03. The van der Waals surface area contributed by atoms with E-state index in [0.29, 0.717) is 5.02 Å². The van der Waals surface area contributed by atoms with Crippen molar-refractivity contribution in [3.63, 3.8) is 0 Å². The smallest absolute Gasteiger partial charge is 0.0898 e. The number of aromatic nitrogens is 2. The molecule has 2 aromatic rings. The summed E-state index contributed by atoms with van der Waals surface area (Å²) in [5.41, 5.74) is 8.61. The first-order valence-electron chi connectivity index (χ1n) is 6.74. The van der Waals surface area contributed by atoms with Crippen molar-refractivity contribution in [1.29, 1.82) is 0 Å². The molecule has 1 unspecified atom stereocenters. The van der Waals surface area contributed by atoms with Gasteiger partial charge in [-0.25, -0.2) is 5.43 Å². The third kappa shape index (κ3) is 2.59. The van der Waals surface area contributed by atoms with Gasteiger partial charge in [0.15, 0.2) is 0 Å². The Balaban J connectivity index is 2.61. The number of nitrogens with two attached hydrogens (primary N) is 1. The molecule has 108 valence electrons. The van der Waals surface area contributed by atoms with Gasteiger partial charge in [0.05, 0.1) is 23.0 Å². The van der Waals surface area contributed by atoms with Crippen LogP contribution in [0.5, 0.6) is 0 Å². The number of rotatable bonds is 4. The molecular formula is C15H21ClN4. The first kappa shape index (κ1) is 15.0. The largest absolute Gasteiger partial charge is 0.271 e. The molecular weight excluding hydrogens is 272 g/mol. The molecule has 5 heteroatoms. The second kappa shape index (κ2) is 5.95. The summed E-state index contributed by atoms with van der Waals surface area (Å²) in [6.45, 7) is 9.08. The Hall–Kier alpha value is -1.36. The van der Waals surface area contributed by atoms with Crippen LogP contribution in [0.3, 0.4) is 0 Å². The van der Waals surface area contributed by atoms with Crippen LogP contribution in [0.4, 0.5) is 0 Å². The van der Waals surface area contributed by atoms with Crippen LogP contribution < -0.4 is 11.3 Å². The van der Waals surface area contributed by atoms with E-state index < -0.39 is 0 Å². The zero-order chi connectivity index (χ0) is 14.9. The van der Waals surface area contributed by atoms with Gasteiger partial charge >= 0.3 is 0 Å². The fourth-order valence-corrected chi connectivity index (χ4v) is 3.11. The van der Waals surface area contributed by atoms with Crippen LogP contribution in [0.25, 0.3) is 0 Å². The molecule has 3 N–H and O–H groups in total. The molecule has 0 saturated carbocycles. The Labute approximate surface area is 124 Å². The van der Waals surface area contributed by atoms with Crippen LogP contribution in [-0.4, -0.2) is 9.78 Å². The Bertz CT molecular complexity index is 595. The monoisotopic (exact) mass is 292 g/mol. The third-order valence-electron chi connectivity index (χ3n) is 3.60. The Morgan fingerprint density at radius 2 is 1.90 bits per heavy atom. The molecule has 1 aromatic heterocycles. The SMILES string of the molecule is CCn1ncc(Cl)c1C(NN)c1c(C)cc(C)cc1C. The van der Waals surface area contributed by atoms with Gasteiger partial charge in [-0.1, -0.05) is 29.3 Å². The fourth-order valence-electron chi connectivity index (χ4n) is 2.86. The molecule has 0 radical (unpaired) electrons. The van der Waals surface area contributed by atoms with Crippen molar-refractivity contribution < 1.29 is 0 Å². The number of nitrogens with one attached hydrogen (secondary N) is 1. The van der Waals surface area contributed by atoms with Gasteiger partial charge in [-0.15, -0.1) is 0 Å². The topological polar surface area (TPSA) is 55.9 Å². The van der Waals surface area contributed by atoms with Gasteiger partial charge < -0.3 is 0 Å². The molecule has 4 nitrogen and oxygen atoms in total. The van der Waals surface area contributed by atoms with Gasteiger partial charge in [0.25, 0.3) is 0 Å². The van der Waals surface area contributed by atoms with Crippen molar-refractivity contribution in [3.05, 3.63) is 51.3 Å². The van der Waals surface area contributed by atoms with E-state index in [1.807, 2.05) is 11.6 Å². The number of nitrogens with zero attached hydrogens (tertiary/aromatic N) is 2. The number of benzene rings is 1. The van der Waals surface area contributed by atoms with Crippen LogP contribution in [0.15, 0.2) is 18.3 Å². The molecule has 0 saturated heterocycles. The van der Waals surface area contributed by atoms with E-state index >= 15 is 0 Å². The molecule has 1 aromatic carbocycles. The lowest BCUT2D eigenvalue weighted by atomic mass is 9.92. The summed E-state index contributed by atoms with van der Waals surface area (Å²) in [6.07, 6.45) is 1.67. The van der Waals surface area contributed by atoms with Crippen molar-refractivity contribution in [2.24, 2.45) is 5.84 Å². The summed E-state index contributed by atoms with van der Waals surface area (Å²) in [4.78, 5) is 0. The van der Waals surface area contributed by atoms with Gasteiger partial charge in [-0.05, 0) is 44.4 Å². The minimum absolute atomic E-state index is 0.162. The van der Waals surface area contributed by atoms with E-state index in [2.05, 4.69) is 43.4 Å².